The van der Waals surface area contributed by atoms with Crippen LogP contribution in [-0.2, 0) is 10.0 Å². The zero-order valence-electron chi connectivity index (χ0n) is 17.7. The summed E-state index contributed by atoms with van der Waals surface area (Å²) in [4.78, 5) is 12.8. The average Bonchev–Trinajstić information content (AvgIpc) is 3.57. The summed E-state index contributed by atoms with van der Waals surface area (Å²) in [5.74, 6) is -1.24. The molecule has 1 fully saturated rings. The van der Waals surface area contributed by atoms with Crippen LogP contribution in [0.5, 0.6) is 5.75 Å². The number of amides is 1. The van der Waals surface area contributed by atoms with Crippen LogP contribution < -0.4 is 9.46 Å². The lowest BCUT2D eigenvalue weighted by Crippen LogP contribution is -2.30. The first-order valence-corrected chi connectivity index (χ1v) is 12.0. The highest BCUT2D eigenvalue weighted by Gasteiger charge is 2.28. The molecule has 34 heavy (non-hydrogen) atoms. The Morgan fingerprint density at radius 3 is 2.41 bits per heavy atom. The number of furan rings is 1. The van der Waals surface area contributed by atoms with Crippen molar-refractivity contribution in [1.29, 1.82) is 0 Å². The number of sulfonamides is 1. The van der Waals surface area contributed by atoms with Crippen molar-refractivity contribution in [2.45, 2.75) is 30.3 Å². The van der Waals surface area contributed by atoms with Crippen LogP contribution in [0.2, 0.25) is 0 Å². The number of nitrogens with one attached hydrogen (secondary N) is 1. The van der Waals surface area contributed by atoms with Gasteiger partial charge in [-0.3, -0.25) is 4.79 Å². The Balaban J connectivity index is 1.48. The van der Waals surface area contributed by atoms with Gasteiger partial charge in [-0.05, 0) is 48.1 Å². The molecule has 0 atom stereocenters. The fraction of sp³-hybridized carbons (Fsp3) is 0.160. The van der Waals surface area contributed by atoms with Crippen LogP contribution in [0.4, 0.5) is 8.78 Å². The molecule has 1 amide bonds. The maximum Gasteiger partial charge on any atom is 0.387 e. The summed E-state index contributed by atoms with van der Waals surface area (Å²) in [7, 11) is -4.28. The smallest absolute Gasteiger partial charge is 0.387 e. The van der Waals surface area contributed by atoms with Crippen LogP contribution in [0.1, 0.15) is 34.9 Å². The molecule has 5 rings (SSSR count). The number of fused-ring (bicyclic) bond motifs is 1. The van der Waals surface area contributed by atoms with Crippen LogP contribution in [0.15, 0.2) is 82.1 Å². The summed E-state index contributed by atoms with van der Waals surface area (Å²) in [6, 6.07) is 19.6. The van der Waals surface area contributed by atoms with Crippen LogP contribution in [-0.4, -0.2) is 20.9 Å². The molecule has 174 valence electrons. The third-order valence-electron chi connectivity index (χ3n) is 5.60. The largest absolute Gasteiger partial charge is 0.451 e. The van der Waals surface area contributed by atoms with Crippen molar-refractivity contribution >= 4 is 26.9 Å². The van der Waals surface area contributed by atoms with E-state index in [9.17, 15) is 22.0 Å². The Morgan fingerprint density at radius 2 is 1.71 bits per heavy atom. The normalized spacial score (nSPS) is 13.9. The molecule has 0 radical (unpaired) electrons. The fourth-order valence-corrected chi connectivity index (χ4v) is 5.06. The molecule has 0 saturated heterocycles. The summed E-state index contributed by atoms with van der Waals surface area (Å²) in [6.45, 7) is -3.06. The first-order chi connectivity index (χ1) is 16.3. The molecule has 3 aromatic carbocycles. The number of hydrogen-bond acceptors (Lipinski definition) is 5. The minimum absolute atomic E-state index is 0.0802. The van der Waals surface area contributed by atoms with E-state index in [1.165, 1.54) is 18.2 Å². The molecule has 6 nitrogen and oxygen atoms in total. The van der Waals surface area contributed by atoms with Crippen LogP contribution in [0.3, 0.4) is 0 Å². The summed E-state index contributed by atoms with van der Waals surface area (Å²) in [5, 5.41) is 0.164. The van der Waals surface area contributed by atoms with E-state index in [0.29, 0.717) is 11.1 Å². The van der Waals surface area contributed by atoms with Gasteiger partial charge in [-0.15, -0.1) is 0 Å². The van der Waals surface area contributed by atoms with Crippen molar-refractivity contribution in [3.8, 4) is 16.9 Å². The number of halogens is 2. The maximum atomic E-state index is 13.1. The topological polar surface area (TPSA) is 85.6 Å². The van der Waals surface area contributed by atoms with E-state index >= 15 is 0 Å². The van der Waals surface area contributed by atoms with E-state index in [-0.39, 0.29) is 33.3 Å². The van der Waals surface area contributed by atoms with Crippen LogP contribution in [0, 0.1) is 0 Å². The maximum absolute atomic E-state index is 13.1. The van der Waals surface area contributed by atoms with E-state index in [4.69, 9.17) is 4.42 Å². The second-order valence-corrected chi connectivity index (χ2v) is 9.64. The SMILES string of the molecule is O=C(NS(=O)(=O)c1ccccc1-c1ccccc1)c1cc2c(OC(F)F)cc(C3CC3)cc2o1. The van der Waals surface area contributed by atoms with E-state index in [1.54, 1.807) is 48.5 Å². The van der Waals surface area contributed by atoms with Gasteiger partial charge in [0.2, 0.25) is 0 Å². The predicted octanol–water partition coefficient (Wildman–Crippen LogP) is 5.70. The van der Waals surface area contributed by atoms with E-state index in [2.05, 4.69) is 4.74 Å². The van der Waals surface area contributed by atoms with Gasteiger partial charge >= 0.3 is 12.5 Å². The monoisotopic (exact) mass is 483 g/mol. The van der Waals surface area contributed by atoms with Crippen molar-refractivity contribution in [3.05, 3.63) is 84.1 Å². The molecule has 0 bridgehead atoms. The van der Waals surface area contributed by atoms with Gasteiger partial charge in [0.25, 0.3) is 10.0 Å². The van der Waals surface area contributed by atoms with Crippen molar-refractivity contribution < 1.29 is 31.1 Å². The molecule has 0 unspecified atom stereocenters. The highest BCUT2D eigenvalue weighted by Crippen LogP contribution is 2.44. The molecule has 0 spiro atoms. The molecule has 1 N–H and O–H groups in total. The summed E-state index contributed by atoms with van der Waals surface area (Å²) in [5.41, 5.74) is 2.04. The van der Waals surface area contributed by atoms with Gasteiger partial charge in [-0.25, -0.2) is 13.1 Å². The highest BCUT2D eigenvalue weighted by molar-refractivity contribution is 7.90. The Kier molecular flexibility index (Phi) is 5.57. The standard InChI is InChI=1S/C25H19F2NO5S/c26-25(27)33-21-13-17(15-10-11-15)12-20-19(21)14-22(32-20)24(29)28-34(30,31)23-9-5-4-8-18(23)16-6-2-1-3-7-16/h1-9,12-15,25H,10-11H2,(H,28,29). The second kappa shape index (κ2) is 8.57. The van der Waals surface area contributed by atoms with Gasteiger partial charge < -0.3 is 9.15 Å². The molecule has 9 heteroatoms. The number of hydrogen-bond donors (Lipinski definition) is 1. The number of carbonyl (C=O) groups is 1. The molecule has 4 aromatic rings. The third kappa shape index (κ3) is 4.38. The Labute approximate surface area is 194 Å². The molecule has 0 aliphatic heterocycles. The molecule has 1 aliphatic rings. The predicted molar refractivity (Wildman–Crippen MR) is 121 cm³/mol. The zero-order chi connectivity index (χ0) is 23.9. The van der Waals surface area contributed by atoms with E-state index < -0.39 is 22.5 Å². The first kappa shape index (κ1) is 22.1. The van der Waals surface area contributed by atoms with Crippen LogP contribution in [0.25, 0.3) is 22.1 Å². The summed E-state index contributed by atoms with van der Waals surface area (Å²) < 4.78 is 64.3. The molecule has 1 aromatic heterocycles. The molecular formula is C25H19F2NO5S. The van der Waals surface area contributed by atoms with Gasteiger partial charge in [-0.2, -0.15) is 8.78 Å². The number of ether oxygens (including phenoxy) is 1. The average molecular weight is 483 g/mol. The van der Waals surface area contributed by atoms with Crippen molar-refractivity contribution in [3.63, 3.8) is 0 Å². The van der Waals surface area contributed by atoms with Gasteiger partial charge in [-0.1, -0.05) is 48.5 Å². The minimum Gasteiger partial charge on any atom is -0.451 e. The summed E-state index contributed by atoms with van der Waals surface area (Å²) >= 11 is 0. The molecule has 1 heterocycles. The molecule has 1 saturated carbocycles. The lowest BCUT2D eigenvalue weighted by molar-refractivity contribution is -0.0488. The van der Waals surface area contributed by atoms with Crippen molar-refractivity contribution in [2.75, 3.05) is 0 Å². The van der Waals surface area contributed by atoms with Gasteiger partial charge in [0.05, 0.1) is 10.3 Å². The van der Waals surface area contributed by atoms with Gasteiger partial charge in [0.15, 0.2) is 5.76 Å². The second-order valence-electron chi connectivity index (χ2n) is 7.99. The number of alkyl halides is 2. The lowest BCUT2D eigenvalue weighted by Gasteiger charge is -2.11. The quantitative estimate of drug-likeness (QED) is 0.365. The van der Waals surface area contributed by atoms with Gasteiger partial charge in [0, 0.05) is 11.6 Å². The number of carbonyl (C=O) groups excluding carboxylic acids is 1. The fourth-order valence-electron chi connectivity index (χ4n) is 3.87. The number of rotatable bonds is 7. The van der Waals surface area contributed by atoms with Crippen molar-refractivity contribution in [2.24, 2.45) is 0 Å². The van der Waals surface area contributed by atoms with Crippen LogP contribution >= 0.6 is 0 Å². The van der Waals surface area contributed by atoms with Crippen molar-refractivity contribution in [1.82, 2.24) is 4.72 Å². The lowest BCUT2D eigenvalue weighted by atomic mass is 10.1. The minimum atomic E-state index is -4.28. The Morgan fingerprint density at radius 1 is 1.00 bits per heavy atom. The zero-order valence-corrected chi connectivity index (χ0v) is 18.5. The summed E-state index contributed by atoms with van der Waals surface area (Å²) in [6.07, 6.45) is 1.85. The first-order valence-electron chi connectivity index (χ1n) is 10.6. The Bertz CT molecular complexity index is 1480. The Hall–Kier alpha value is -3.72. The number of benzene rings is 3. The van der Waals surface area contributed by atoms with Gasteiger partial charge in [0.1, 0.15) is 11.3 Å². The molecule has 1 aliphatic carbocycles. The molecular weight excluding hydrogens is 464 g/mol. The third-order valence-corrected chi connectivity index (χ3v) is 6.99. The van der Waals surface area contributed by atoms with E-state index in [1.807, 2.05) is 10.8 Å². The highest BCUT2D eigenvalue weighted by atomic mass is 32.2. The van der Waals surface area contributed by atoms with E-state index in [0.717, 1.165) is 18.4 Å².